The Bertz CT molecular complexity index is 284. The Balaban J connectivity index is 4.32. The highest BCUT2D eigenvalue weighted by Gasteiger charge is 2.24. The number of ether oxygens (including phenoxy) is 2. The number of sulfonamides is 1. The minimum absolute atomic E-state index is 0.0742. The monoisotopic (exact) mass is 267 g/mol. The van der Waals surface area contributed by atoms with E-state index in [9.17, 15) is 8.42 Å². The van der Waals surface area contributed by atoms with Gasteiger partial charge in [-0.1, -0.05) is 13.8 Å². The van der Waals surface area contributed by atoms with Crippen LogP contribution in [-0.2, 0) is 19.5 Å². The van der Waals surface area contributed by atoms with E-state index in [0.29, 0.717) is 13.2 Å². The molecule has 0 aliphatic heterocycles. The van der Waals surface area contributed by atoms with Crippen molar-refractivity contribution in [3.05, 3.63) is 0 Å². The largest absolute Gasteiger partial charge is 0.352 e. The van der Waals surface area contributed by atoms with Crippen LogP contribution in [0, 0.1) is 5.92 Å². The van der Waals surface area contributed by atoms with E-state index in [1.165, 1.54) is 0 Å². The summed E-state index contributed by atoms with van der Waals surface area (Å²) in [5.41, 5.74) is 0. The molecule has 1 N–H and O–H groups in total. The Labute approximate surface area is 105 Å². The Hall–Kier alpha value is -0.170. The standard InChI is InChI=1S/C11H25NO4S/c1-6-15-11(16-7-2)8-12-17(13,14)10(5)9(3)4/h9-12H,6-8H2,1-5H3. The fourth-order valence-electron chi connectivity index (χ4n) is 1.21. The molecule has 5 nitrogen and oxygen atoms in total. The first-order chi connectivity index (χ1) is 7.85. The topological polar surface area (TPSA) is 64.6 Å². The van der Waals surface area contributed by atoms with Crippen molar-refractivity contribution in [3.8, 4) is 0 Å². The summed E-state index contributed by atoms with van der Waals surface area (Å²) in [6.45, 7) is 10.3. The summed E-state index contributed by atoms with van der Waals surface area (Å²) in [5.74, 6) is 0.0742. The van der Waals surface area contributed by atoms with Crippen LogP contribution in [0.1, 0.15) is 34.6 Å². The van der Waals surface area contributed by atoms with Crippen LogP contribution in [0.3, 0.4) is 0 Å². The van der Waals surface area contributed by atoms with E-state index in [0.717, 1.165) is 0 Å². The first-order valence-corrected chi connectivity index (χ1v) is 7.61. The summed E-state index contributed by atoms with van der Waals surface area (Å²) in [4.78, 5) is 0. The van der Waals surface area contributed by atoms with Crippen LogP contribution in [0.25, 0.3) is 0 Å². The smallest absolute Gasteiger partial charge is 0.214 e. The Morgan fingerprint density at radius 1 is 1.06 bits per heavy atom. The van der Waals surface area contributed by atoms with Crippen LogP contribution in [0.15, 0.2) is 0 Å². The molecule has 1 atom stereocenters. The lowest BCUT2D eigenvalue weighted by Crippen LogP contribution is -2.41. The first-order valence-electron chi connectivity index (χ1n) is 6.06. The summed E-state index contributed by atoms with van der Waals surface area (Å²) >= 11 is 0. The molecule has 0 aromatic heterocycles. The zero-order chi connectivity index (χ0) is 13.5. The summed E-state index contributed by atoms with van der Waals surface area (Å²) < 4.78 is 36.8. The summed E-state index contributed by atoms with van der Waals surface area (Å²) in [7, 11) is -3.30. The molecule has 0 aliphatic carbocycles. The van der Waals surface area contributed by atoms with E-state index in [1.54, 1.807) is 6.92 Å². The molecule has 0 amide bonds. The molecule has 0 saturated carbocycles. The fraction of sp³-hybridized carbons (Fsp3) is 1.00. The zero-order valence-electron chi connectivity index (χ0n) is 11.4. The molecule has 104 valence electrons. The van der Waals surface area contributed by atoms with Gasteiger partial charge >= 0.3 is 0 Å². The van der Waals surface area contributed by atoms with E-state index in [1.807, 2.05) is 27.7 Å². The molecule has 0 rings (SSSR count). The van der Waals surface area contributed by atoms with Crippen LogP contribution < -0.4 is 4.72 Å². The van der Waals surface area contributed by atoms with Gasteiger partial charge in [0.15, 0.2) is 6.29 Å². The van der Waals surface area contributed by atoms with Gasteiger partial charge in [0.2, 0.25) is 10.0 Å². The molecule has 1 unspecified atom stereocenters. The lowest BCUT2D eigenvalue weighted by molar-refractivity contribution is -0.130. The van der Waals surface area contributed by atoms with Gasteiger partial charge < -0.3 is 9.47 Å². The van der Waals surface area contributed by atoms with Crippen LogP contribution in [0.4, 0.5) is 0 Å². The number of rotatable bonds is 9. The van der Waals surface area contributed by atoms with E-state index < -0.39 is 21.6 Å². The minimum atomic E-state index is -3.30. The molecule has 0 heterocycles. The predicted octanol–water partition coefficient (Wildman–Crippen LogP) is 1.35. The maximum Gasteiger partial charge on any atom is 0.214 e. The second-order valence-electron chi connectivity index (χ2n) is 4.18. The Morgan fingerprint density at radius 3 is 1.88 bits per heavy atom. The quantitative estimate of drug-likeness (QED) is 0.640. The van der Waals surface area contributed by atoms with Gasteiger partial charge in [-0.2, -0.15) is 0 Å². The molecular formula is C11H25NO4S. The maximum absolute atomic E-state index is 11.9. The molecular weight excluding hydrogens is 242 g/mol. The van der Waals surface area contributed by atoms with Crippen LogP contribution >= 0.6 is 0 Å². The molecule has 0 aromatic rings. The zero-order valence-corrected chi connectivity index (χ0v) is 12.2. The van der Waals surface area contributed by atoms with Crippen LogP contribution in [0.5, 0.6) is 0 Å². The SMILES string of the molecule is CCOC(CNS(=O)(=O)C(C)C(C)C)OCC. The molecule has 0 fully saturated rings. The third-order valence-electron chi connectivity index (χ3n) is 2.58. The average molecular weight is 267 g/mol. The van der Waals surface area contributed by atoms with Crippen molar-refractivity contribution in [3.63, 3.8) is 0 Å². The third-order valence-corrected chi connectivity index (χ3v) is 4.68. The van der Waals surface area contributed by atoms with E-state index in [4.69, 9.17) is 9.47 Å². The summed E-state index contributed by atoms with van der Waals surface area (Å²) in [5, 5.41) is -0.425. The van der Waals surface area contributed by atoms with Crippen molar-refractivity contribution in [1.29, 1.82) is 0 Å². The number of hydrogen-bond acceptors (Lipinski definition) is 4. The lowest BCUT2D eigenvalue weighted by atomic mass is 10.2. The molecule has 0 radical (unpaired) electrons. The van der Waals surface area contributed by atoms with Crippen LogP contribution in [-0.4, -0.2) is 39.7 Å². The highest BCUT2D eigenvalue weighted by molar-refractivity contribution is 7.90. The summed E-state index contributed by atoms with van der Waals surface area (Å²) in [6.07, 6.45) is -0.515. The van der Waals surface area contributed by atoms with Gasteiger partial charge in [0.1, 0.15) is 0 Å². The van der Waals surface area contributed by atoms with Gasteiger partial charge in [-0.3, -0.25) is 0 Å². The van der Waals surface area contributed by atoms with Gasteiger partial charge in [0.25, 0.3) is 0 Å². The fourth-order valence-corrected chi connectivity index (χ4v) is 2.56. The molecule has 17 heavy (non-hydrogen) atoms. The lowest BCUT2D eigenvalue weighted by Gasteiger charge is -2.21. The molecule has 0 bridgehead atoms. The number of nitrogens with one attached hydrogen (secondary N) is 1. The second-order valence-corrected chi connectivity index (χ2v) is 6.31. The van der Waals surface area contributed by atoms with E-state index in [2.05, 4.69) is 4.72 Å². The molecule has 0 saturated heterocycles. The Kier molecular flexibility index (Phi) is 7.94. The second kappa shape index (κ2) is 8.02. The number of hydrogen-bond donors (Lipinski definition) is 1. The highest BCUT2D eigenvalue weighted by atomic mass is 32.2. The Morgan fingerprint density at radius 2 is 1.53 bits per heavy atom. The van der Waals surface area contributed by atoms with Crippen molar-refractivity contribution in [1.82, 2.24) is 4.72 Å². The van der Waals surface area contributed by atoms with Crippen molar-refractivity contribution < 1.29 is 17.9 Å². The van der Waals surface area contributed by atoms with Gasteiger partial charge in [-0.25, -0.2) is 13.1 Å². The summed E-state index contributed by atoms with van der Waals surface area (Å²) in [6, 6.07) is 0. The van der Waals surface area contributed by atoms with Gasteiger partial charge in [0, 0.05) is 13.2 Å². The van der Waals surface area contributed by atoms with Crippen molar-refractivity contribution in [2.75, 3.05) is 19.8 Å². The highest BCUT2D eigenvalue weighted by Crippen LogP contribution is 2.10. The van der Waals surface area contributed by atoms with E-state index >= 15 is 0 Å². The predicted molar refractivity (Wildman–Crippen MR) is 68.3 cm³/mol. The van der Waals surface area contributed by atoms with Crippen LogP contribution in [0.2, 0.25) is 0 Å². The van der Waals surface area contributed by atoms with Gasteiger partial charge in [-0.05, 0) is 26.7 Å². The molecule has 0 spiro atoms. The third kappa shape index (κ3) is 6.35. The van der Waals surface area contributed by atoms with Crippen molar-refractivity contribution >= 4 is 10.0 Å². The van der Waals surface area contributed by atoms with Gasteiger partial charge in [-0.15, -0.1) is 0 Å². The molecule has 6 heteroatoms. The average Bonchev–Trinajstić information content (AvgIpc) is 2.25. The molecule has 0 aromatic carbocycles. The molecule has 0 aliphatic rings. The maximum atomic E-state index is 11.9. The minimum Gasteiger partial charge on any atom is -0.352 e. The van der Waals surface area contributed by atoms with Crippen molar-refractivity contribution in [2.24, 2.45) is 5.92 Å². The van der Waals surface area contributed by atoms with E-state index in [-0.39, 0.29) is 12.5 Å². The van der Waals surface area contributed by atoms with Gasteiger partial charge in [0.05, 0.1) is 11.8 Å². The normalized spacial score (nSPS) is 14.5. The van der Waals surface area contributed by atoms with Crippen molar-refractivity contribution in [2.45, 2.75) is 46.2 Å². The first kappa shape index (κ1) is 16.8.